The van der Waals surface area contributed by atoms with Crippen molar-refractivity contribution in [3.63, 3.8) is 0 Å². The van der Waals surface area contributed by atoms with Gasteiger partial charge in [-0.1, -0.05) is 6.08 Å². The third kappa shape index (κ3) is 4.60. The van der Waals surface area contributed by atoms with E-state index in [1.807, 2.05) is 24.9 Å². The van der Waals surface area contributed by atoms with Crippen LogP contribution >= 0.6 is 0 Å². The average molecular weight is 461 g/mol. The summed E-state index contributed by atoms with van der Waals surface area (Å²) in [5, 5.41) is 0. The molecule has 5 rings (SSSR count). The van der Waals surface area contributed by atoms with E-state index in [2.05, 4.69) is 0 Å². The Morgan fingerprint density at radius 3 is 2.22 bits per heavy atom. The van der Waals surface area contributed by atoms with Crippen LogP contribution in [0, 0.1) is 11.3 Å². The molecule has 4 aliphatic carbocycles. The van der Waals surface area contributed by atoms with E-state index in [9.17, 15) is 13.2 Å². The van der Waals surface area contributed by atoms with E-state index in [-0.39, 0.29) is 22.6 Å². The fraction of sp³-hybridized carbons (Fsp3) is 0.640. The van der Waals surface area contributed by atoms with Gasteiger partial charge >= 0.3 is 0 Å². The fourth-order valence-corrected chi connectivity index (χ4v) is 7.42. The van der Waals surface area contributed by atoms with Crippen LogP contribution in [0.1, 0.15) is 58.3 Å². The summed E-state index contributed by atoms with van der Waals surface area (Å²) in [5.41, 5.74) is 6.43. The molecule has 2 bridgehead atoms. The summed E-state index contributed by atoms with van der Waals surface area (Å²) in [4.78, 5) is 15.0. The standard InChI is InChI=1S/C25H36N2O4S/c1-3-19(16-26)17-31-21-6-8-22(9-7-21)32(29,30)18-24-10-13-25(14-11-24,15-12-24)27(2)23(28)20-4-5-20/h3,6-9,20H,4-5,10-18,26H2,1-2H3/b19-3+. The van der Waals surface area contributed by atoms with Gasteiger partial charge in [-0.05, 0) is 93.5 Å². The molecule has 4 aliphatic rings. The lowest BCUT2D eigenvalue weighted by atomic mass is 9.57. The molecule has 0 atom stereocenters. The zero-order chi connectivity index (χ0) is 23.0. The Bertz CT molecular complexity index is 955. The van der Waals surface area contributed by atoms with E-state index in [0.29, 0.717) is 29.7 Å². The van der Waals surface area contributed by atoms with Gasteiger partial charge in [-0.2, -0.15) is 0 Å². The first-order chi connectivity index (χ1) is 15.2. The lowest BCUT2D eigenvalue weighted by molar-refractivity contribution is -0.143. The number of ether oxygens (including phenoxy) is 1. The first-order valence-corrected chi connectivity index (χ1v) is 13.5. The van der Waals surface area contributed by atoms with Crippen molar-refractivity contribution < 1.29 is 17.9 Å². The summed E-state index contributed by atoms with van der Waals surface area (Å²) in [6.07, 6.45) is 9.35. The van der Waals surface area contributed by atoms with Crippen LogP contribution in [0.2, 0.25) is 0 Å². The van der Waals surface area contributed by atoms with Gasteiger partial charge in [-0.3, -0.25) is 4.79 Å². The van der Waals surface area contributed by atoms with Crippen molar-refractivity contribution in [2.75, 3.05) is 26.0 Å². The minimum atomic E-state index is -3.39. The number of carbonyl (C=O) groups is 1. The maximum atomic E-state index is 13.2. The molecule has 0 heterocycles. The molecule has 176 valence electrons. The van der Waals surface area contributed by atoms with E-state index in [1.54, 1.807) is 24.3 Å². The molecule has 6 nitrogen and oxygen atoms in total. The number of sulfone groups is 1. The van der Waals surface area contributed by atoms with Gasteiger partial charge in [-0.15, -0.1) is 0 Å². The Morgan fingerprint density at radius 1 is 1.12 bits per heavy atom. The highest BCUT2D eigenvalue weighted by Gasteiger charge is 2.53. The fourth-order valence-electron chi connectivity index (χ4n) is 5.47. The van der Waals surface area contributed by atoms with E-state index < -0.39 is 9.84 Å². The number of benzene rings is 1. The predicted octanol–water partition coefficient (Wildman–Crippen LogP) is 3.71. The predicted molar refractivity (Wildman–Crippen MR) is 125 cm³/mol. The maximum absolute atomic E-state index is 13.2. The van der Waals surface area contributed by atoms with Crippen molar-refractivity contribution in [1.82, 2.24) is 4.90 Å². The van der Waals surface area contributed by atoms with Crippen LogP contribution in [-0.4, -0.2) is 50.7 Å². The highest BCUT2D eigenvalue weighted by molar-refractivity contribution is 7.91. The van der Waals surface area contributed by atoms with Gasteiger partial charge in [0.2, 0.25) is 5.91 Å². The largest absolute Gasteiger partial charge is 0.489 e. The Balaban J connectivity index is 1.38. The molecule has 2 N–H and O–H groups in total. The van der Waals surface area contributed by atoms with Crippen LogP contribution in [0.3, 0.4) is 0 Å². The van der Waals surface area contributed by atoms with Gasteiger partial charge in [0.05, 0.1) is 10.6 Å². The number of carbonyl (C=O) groups excluding carboxylic acids is 1. The number of fused-ring (bicyclic) bond motifs is 3. The summed E-state index contributed by atoms with van der Waals surface area (Å²) in [5.74, 6) is 1.35. The normalized spacial score (nSPS) is 27.9. The summed E-state index contributed by atoms with van der Waals surface area (Å²) in [6.45, 7) is 2.77. The van der Waals surface area contributed by atoms with Crippen LogP contribution < -0.4 is 10.5 Å². The van der Waals surface area contributed by atoms with Crippen molar-refractivity contribution in [1.29, 1.82) is 0 Å². The van der Waals surface area contributed by atoms with Gasteiger partial charge < -0.3 is 15.4 Å². The van der Waals surface area contributed by atoms with E-state index in [0.717, 1.165) is 56.9 Å². The third-order valence-corrected chi connectivity index (χ3v) is 10.1. The van der Waals surface area contributed by atoms with Crippen LogP contribution in [0.15, 0.2) is 40.8 Å². The Morgan fingerprint density at radius 2 is 1.72 bits per heavy atom. The lowest BCUT2D eigenvalue weighted by Gasteiger charge is -2.56. The quantitative estimate of drug-likeness (QED) is 0.568. The minimum absolute atomic E-state index is 0.0561. The molecule has 4 fully saturated rings. The second-order valence-electron chi connectivity index (χ2n) is 10.1. The number of nitrogens with zero attached hydrogens (tertiary/aromatic N) is 1. The average Bonchev–Trinajstić information content (AvgIpc) is 3.65. The molecule has 0 unspecified atom stereocenters. The topological polar surface area (TPSA) is 89.7 Å². The zero-order valence-electron chi connectivity index (χ0n) is 19.3. The highest BCUT2D eigenvalue weighted by Crippen LogP contribution is 2.55. The van der Waals surface area contributed by atoms with Gasteiger partial charge in [-0.25, -0.2) is 8.42 Å². The number of nitrogens with two attached hydrogens (primary N) is 1. The molecule has 0 aliphatic heterocycles. The van der Waals surface area contributed by atoms with E-state index in [1.165, 1.54) is 0 Å². The van der Waals surface area contributed by atoms with Crippen LogP contribution in [0.4, 0.5) is 0 Å². The highest BCUT2D eigenvalue weighted by atomic mass is 32.2. The lowest BCUT2D eigenvalue weighted by Crippen LogP contribution is -2.58. The Kier molecular flexibility index (Phi) is 6.43. The molecule has 1 amide bonds. The zero-order valence-corrected chi connectivity index (χ0v) is 20.1. The second kappa shape index (κ2) is 8.82. The molecule has 0 spiro atoms. The molecule has 0 radical (unpaired) electrons. The molecule has 32 heavy (non-hydrogen) atoms. The van der Waals surface area contributed by atoms with Crippen LogP contribution in [-0.2, 0) is 14.6 Å². The molecule has 1 aromatic rings. The SMILES string of the molecule is C/C=C(\CN)COc1ccc(S(=O)(=O)CC23CCC(N(C)C(=O)C4CC4)(CC2)CC3)cc1. The molecule has 4 saturated carbocycles. The van der Waals surface area contributed by atoms with Crippen LogP contribution in [0.25, 0.3) is 0 Å². The van der Waals surface area contributed by atoms with E-state index >= 15 is 0 Å². The smallest absolute Gasteiger partial charge is 0.225 e. The van der Waals surface area contributed by atoms with Crippen molar-refractivity contribution >= 4 is 15.7 Å². The molecular weight excluding hydrogens is 424 g/mol. The summed E-state index contributed by atoms with van der Waals surface area (Å²) < 4.78 is 32.2. The number of rotatable bonds is 9. The Labute approximate surface area is 192 Å². The summed E-state index contributed by atoms with van der Waals surface area (Å²) >= 11 is 0. The number of amides is 1. The first kappa shape index (κ1) is 23.3. The second-order valence-corrected chi connectivity index (χ2v) is 12.1. The first-order valence-electron chi connectivity index (χ1n) is 11.8. The number of hydrogen-bond acceptors (Lipinski definition) is 5. The van der Waals surface area contributed by atoms with Gasteiger partial charge in [0.1, 0.15) is 12.4 Å². The van der Waals surface area contributed by atoms with Gasteiger partial charge in [0.25, 0.3) is 0 Å². The van der Waals surface area contributed by atoms with Crippen LogP contribution in [0.5, 0.6) is 5.75 Å². The minimum Gasteiger partial charge on any atom is -0.489 e. The number of allylic oxidation sites excluding steroid dienone is 1. The molecule has 7 heteroatoms. The summed E-state index contributed by atoms with van der Waals surface area (Å²) in [6, 6.07) is 6.74. The van der Waals surface area contributed by atoms with Gasteiger partial charge in [0, 0.05) is 25.0 Å². The molecule has 0 aromatic heterocycles. The van der Waals surface area contributed by atoms with Crippen molar-refractivity contribution in [2.24, 2.45) is 17.1 Å². The number of hydrogen-bond donors (Lipinski definition) is 1. The molecule has 0 saturated heterocycles. The monoisotopic (exact) mass is 460 g/mol. The molecular formula is C25H36N2O4S. The maximum Gasteiger partial charge on any atom is 0.225 e. The van der Waals surface area contributed by atoms with Crippen molar-refractivity contribution in [2.45, 2.75) is 68.7 Å². The summed E-state index contributed by atoms with van der Waals surface area (Å²) in [7, 11) is -1.43. The van der Waals surface area contributed by atoms with Gasteiger partial charge in [0.15, 0.2) is 9.84 Å². The third-order valence-electron chi connectivity index (χ3n) is 8.10. The molecule has 1 aromatic carbocycles. The van der Waals surface area contributed by atoms with Crippen molar-refractivity contribution in [3.8, 4) is 5.75 Å². The van der Waals surface area contributed by atoms with E-state index in [4.69, 9.17) is 10.5 Å². The Hall–Kier alpha value is -1.86. The van der Waals surface area contributed by atoms with Crippen molar-refractivity contribution in [3.05, 3.63) is 35.9 Å².